The molecule has 1 aliphatic carbocycles. The van der Waals surface area contributed by atoms with E-state index in [1.54, 1.807) is 0 Å². The predicted octanol–water partition coefficient (Wildman–Crippen LogP) is 2.32. The number of nitrogens with two attached hydrogens (primary N) is 1. The Morgan fingerprint density at radius 2 is 2.18 bits per heavy atom. The second-order valence-electron chi connectivity index (χ2n) is 5.15. The molecule has 0 aliphatic heterocycles. The van der Waals surface area contributed by atoms with Crippen LogP contribution in [0.2, 0.25) is 0 Å². The van der Waals surface area contributed by atoms with E-state index in [2.05, 4.69) is 30.8 Å². The van der Waals surface area contributed by atoms with Crippen molar-refractivity contribution < 1.29 is 0 Å². The van der Waals surface area contributed by atoms with Gasteiger partial charge in [0.05, 0.1) is 10.7 Å². The molecule has 0 aromatic carbocycles. The number of aromatic nitrogens is 1. The van der Waals surface area contributed by atoms with Crippen molar-refractivity contribution >= 4 is 11.3 Å². The molecule has 0 radical (unpaired) electrons. The van der Waals surface area contributed by atoms with Gasteiger partial charge in [-0.3, -0.25) is 4.90 Å². The lowest BCUT2D eigenvalue weighted by Gasteiger charge is -2.28. The molecule has 2 N–H and O–H groups in total. The first kappa shape index (κ1) is 13.0. The van der Waals surface area contributed by atoms with Gasteiger partial charge in [0.2, 0.25) is 0 Å². The molecule has 0 amide bonds. The number of hydrogen-bond donors (Lipinski definition) is 1. The minimum absolute atomic E-state index is 0.668. The summed E-state index contributed by atoms with van der Waals surface area (Å²) in [4.78, 5) is 8.38. The monoisotopic (exact) mass is 253 g/mol. The molecule has 0 spiro atoms. The molecule has 96 valence electrons. The van der Waals surface area contributed by atoms with Gasteiger partial charge >= 0.3 is 0 Å². The van der Waals surface area contributed by atoms with Crippen LogP contribution in [0.4, 0.5) is 0 Å². The summed E-state index contributed by atoms with van der Waals surface area (Å²) >= 11 is 1.83. The van der Waals surface area contributed by atoms with E-state index in [0.29, 0.717) is 12.0 Å². The van der Waals surface area contributed by atoms with Gasteiger partial charge in [0.15, 0.2) is 0 Å². The molecule has 0 bridgehead atoms. The number of hydrogen-bond acceptors (Lipinski definition) is 4. The summed E-state index contributed by atoms with van der Waals surface area (Å²) in [6, 6.07) is 0.668. The molecule has 2 unspecified atom stereocenters. The average molecular weight is 253 g/mol. The number of nitrogens with zero attached hydrogens (tertiary/aromatic N) is 2. The second kappa shape index (κ2) is 5.46. The third-order valence-electron chi connectivity index (χ3n) is 3.88. The molecule has 1 heterocycles. The molecule has 1 aliphatic rings. The number of rotatable bonds is 4. The molecule has 4 heteroatoms. The maximum absolute atomic E-state index is 5.85. The third kappa shape index (κ3) is 2.87. The van der Waals surface area contributed by atoms with Gasteiger partial charge in [-0.15, -0.1) is 11.3 Å². The Hall–Kier alpha value is -0.450. The Morgan fingerprint density at radius 3 is 2.76 bits per heavy atom. The summed E-state index contributed by atoms with van der Waals surface area (Å²) in [6.45, 7) is 6.05. The highest BCUT2D eigenvalue weighted by atomic mass is 32.1. The van der Waals surface area contributed by atoms with Crippen molar-refractivity contribution in [1.29, 1.82) is 0 Å². The van der Waals surface area contributed by atoms with Gasteiger partial charge in [-0.1, -0.05) is 6.42 Å². The number of aryl methyl sites for hydroxylation is 2. The van der Waals surface area contributed by atoms with Crippen LogP contribution in [0.15, 0.2) is 0 Å². The molecule has 3 nitrogen and oxygen atoms in total. The van der Waals surface area contributed by atoms with Crippen LogP contribution in [-0.4, -0.2) is 29.5 Å². The van der Waals surface area contributed by atoms with Gasteiger partial charge < -0.3 is 5.73 Å². The van der Waals surface area contributed by atoms with Crippen LogP contribution in [0.3, 0.4) is 0 Å². The van der Waals surface area contributed by atoms with Crippen molar-refractivity contribution in [3.05, 3.63) is 15.6 Å². The van der Waals surface area contributed by atoms with Crippen LogP contribution < -0.4 is 5.73 Å². The first-order valence-electron chi connectivity index (χ1n) is 6.45. The fourth-order valence-corrected chi connectivity index (χ4v) is 3.94. The fraction of sp³-hybridized carbons (Fsp3) is 0.769. The summed E-state index contributed by atoms with van der Waals surface area (Å²) in [5.41, 5.74) is 7.05. The third-order valence-corrected chi connectivity index (χ3v) is 4.94. The average Bonchev–Trinajstić information content (AvgIpc) is 2.85. The van der Waals surface area contributed by atoms with Crippen LogP contribution in [0, 0.1) is 19.8 Å². The Balaban J connectivity index is 2.01. The van der Waals surface area contributed by atoms with Crippen LogP contribution in [0.1, 0.15) is 34.8 Å². The Bertz CT molecular complexity index is 375. The first-order valence-corrected chi connectivity index (χ1v) is 7.26. The zero-order valence-corrected chi connectivity index (χ0v) is 11.9. The molecular formula is C13H23N3S. The maximum atomic E-state index is 5.85. The van der Waals surface area contributed by atoms with Crippen molar-refractivity contribution in [2.24, 2.45) is 11.7 Å². The van der Waals surface area contributed by atoms with E-state index in [4.69, 9.17) is 5.73 Å². The fourth-order valence-electron chi connectivity index (χ4n) is 2.94. The van der Waals surface area contributed by atoms with E-state index in [0.717, 1.165) is 13.1 Å². The van der Waals surface area contributed by atoms with Crippen LogP contribution in [0.25, 0.3) is 0 Å². The van der Waals surface area contributed by atoms with Gasteiger partial charge in [-0.05, 0) is 46.2 Å². The van der Waals surface area contributed by atoms with E-state index in [-0.39, 0.29) is 0 Å². The van der Waals surface area contributed by atoms with Crippen LogP contribution in [-0.2, 0) is 6.54 Å². The van der Waals surface area contributed by atoms with Crippen LogP contribution in [0.5, 0.6) is 0 Å². The molecule has 1 fully saturated rings. The standard InChI is InChI=1S/C13H23N3S/c1-9-13(17-10(2)15-9)8-16(3)12-6-4-5-11(12)7-14/h11-12H,4-8,14H2,1-3H3. The van der Waals surface area contributed by atoms with E-state index < -0.39 is 0 Å². The van der Waals surface area contributed by atoms with Crippen molar-refractivity contribution in [2.75, 3.05) is 13.6 Å². The molecule has 1 saturated carbocycles. The summed E-state index contributed by atoms with van der Waals surface area (Å²) in [6.07, 6.45) is 3.93. The lowest BCUT2D eigenvalue weighted by molar-refractivity contribution is 0.194. The Kier molecular flexibility index (Phi) is 4.17. The lowest BCUT2D eigenvalue weighted by Crippen LogP contribution is -2.37. The quantitative estimate of drug-likeness (QED) is 0.895. The van der Waals surface area contributed by atoms with Gasteiger partial charge in [0.25, 0.3) is 0 Å². The van der Waals surface area contributed by atoms with E-state index in [1.165, 1.54) is 34.8 Å². The predicted molar refractivity (Wildman–Crippen MR) is 73.2 cm³/mol. The van der Waals surface area contributed by atoms with Gasteiger partial charge in [-0.2, -0.15) is 0 Å². The van der Waals surface area contributed by atoms with Crippen molar-refractivity contribution in [3.8, 4) is 0 Å². The zero-order chi connectivity index (χ0) is 12.4. The van der Waals surface area contributed by atoms with Gasteiger partial charge in [0.1, 0.15) is 0 Å². The van der Waals surface area contributed by atoms with Crippen LogP contribution >= 0.6 is 11.3 Å². The molecule has 1 aromatic rings. The van der Waals surface area contributed by atoms with E-state index in [1.807, 2.05) is 11.3 Å². The summed E-state index contributed by atoms with van der Waals surface area (Å²) in [5, 5.41) is 1.17. The maximum Gasteiger partial charge on any atom is 0.0900 e. The topological polar surface area (TPSA) is 42.2 Å². The molecule has 0 saturated heterocycles. The highest BCUT2D eigenvalue weighted by Crippen LogP contribution is 2.30. The highest BCUT2D eigenvalue weighted by molar-refractivity contribution is 7.11. The smallest absolute Gasteiger partial charge is 0.0900 e. The van der Waals surface area contributed by atoms with Crippen molar-refractivity contribution in [3.63, 3.8) is 0 Å². The molecule has 2 rings (SSSR count). The normalized spacial score (nSPS) is 24.8. The van der Waals surface area contributed by atoms with Crippen molar-refractivity contribution in [2.45, 2.75) is 45.7 Å². The summed E-state index contributed by atoms with van der Waals surface area (Å²) < 4.78 is 0. The van der Waals surface area contributed by atoms with Crippen molar-refractivity contribution in [1.82, 2.24) is 9.88 Å². The lowest BCUT2D eigenvalue weighted by atomic mass is 10.0. The number of thiazole rings is 1. The van der Waals surface area contributed by atoms with Gasteiger partial charge in [-0.25, -0.2) is 4.98 Å². The first-order chi connectivity index (χ1) is 8.11. The highest BCUT2D eigenvalue weighted by Gasteiger charge is 2.29. The summed E-state index contributed by atoms with van der Waals surface area (Å²) in [5.74, 6) is 0.689. The molecule has 2 atom stereocenters. The van der Waals surface area contributed by atoms with E-state index in [9.17, 15) is 0 Å². The largest absolute Gasteiger partial charge is 0.330 e. The minimum Gasteiger partial charge on any atom is -0.330 e. The second-order valence-corrected chi connectivity index (χ2v) is 6.44. The Labute approximate surface area is 108 Å². The molecular weight excluding hydrogens is 230 g/mol. The molecule has 1 aromatic heterocycles. The SMILES string of the molecule is Cc1nc(C)c(CN(C)C2CCCC2CN)s1. The molecule has 17 heavy (non-hydrogen) atoms. The minimum atomic E-state index is 0.668. The van der Waals surface area contributed by atoms with E-state index >= 15 is 0 Å². The van der Waals surface area contributed by atoms with Gasteiger partial charge in [0, 0.05) is 17.5 Å². The Morgan fingerprint density at radius 1 is 1.41 bits per heavy atom. The zero-order valence-electron chi connectivity index (χ0n) is 11.1. The summed E-state index contributed by atoms with van der Waals surface area (Å²) in [7, 11) is 2.23.